The normalized spacial score (nSPS) is 38.2. The largest absolute Gasteiger partial charge is 0.379 e. The van der Waals surface area contributed by atoms with Crippen LogP contribution in [0.5, 0.6) is 0 Å². The quantitative estimate of drug-likeness (QED) is 0.736. The molecule has 2 fully saturated rings. The zero-order chi connectivity index (χ0) is 11.5. The fourth-order valence-electron chi connectivity index (χ4n) is 2.79. The molecule has 1 N–H and O–H groups in total. The Morgan fingerprint density at radius 3 is 2.56 bits per heavy atom. The van der Waals surface area contributed by atoms with E-state index < -0.39 is 0 Å². The van der Waals surface area contributed by atoms with Crippen LogP contribution in [0.3, 0.4) is 0 Å². The highest BCUT2D eigenvalue weighted by Crippen LogP contribution is 2.38. The summed E-state index contributed by atoms with van der Waals surface area (Å²) < 4.78 is 5.58. The van der Waals surface area contributed by atoms with Crippen LogP contribution in [0.15, 0.2) is 0 Å². The second-order valence-electron chi connectivity index (χ2n) is 5.66. The van der Waals surface area contributed by atoms with Crippen LogP contribution in [0.2, 0.25) is 0 Å². The Bertz CT molecular complexity index is 222. The maximum absolute atomic E-state index is 5.58. The minimum absolute atomic E-state index is 0.573. The highest BCUT2D eigenvalue weighted by atomic mass is 16.5. The van der Waals surface area contributed by atoms with Crippen molar-refractivity contribution in [3.8, 4) is 0 Å². The molecule has 2 rings (SSSR count). The second-order valence-corrected chi connectivity index (χ2v) is 5.66. The molecule has 0 amide bonds. The molecule has 0 bridgehead atoms. The highest BCUT2D eigenvalue weighted by molar-refractivity contribution is 4.87. The lowest BCUT2D eigenvalue weighted by atomic mass is 10.0. The summed E-state index contributed by atoms with van der Waals surface area (Å²) in [4.78, 5) is 2.50. The van der Waals surface area contributed by atoms with Gasteiger partial charge in [0, 0.05) is 25.0 Å². The maximum atomic E-state index is 5.58. The molecule has 1 saturated carbocycles. The topological polar surface area (TPSA) is 24.5 Å². The van der Waals surface area contributed by atoms with Gasteiger partial charge in [-0.1, -0.05) is 13.8 Å². The molecule has 0 radical (unpaired) electrons. The third-order valence-corrected chi connectivity index (χ3v) is 4.03. The molecule has 4 unspecified atom stereocenters. The standard InChI is InChI=1S/C13H26N2O/c1-4-14-13-9-16-8-12(13)7-15(3)6-11-5-10(11)2/h10-14H,4-9H2,1-3H3. The van der Waals surface area contributed by atoms with E-state index in [-0.39, 0.29) is 0 Å². The van der Waals surface area contributed by atoms with Crippen molar-refractivity contribution in [2.24, 2.45) is 17.8 Å². The number of ether oxygens (including phenoxy) is 1. The van der Waals surface area contributed by atoms with E-state index in [2.05, 4.69) is 31.1 Å². The lowest BCUT2D eigenvalue weighted by molar-refractivity contribution is 0.172. The van der Waals surface area contributed by atoms with Crippen LogP contribution >= 0.6 is 0 Å². The molecule has 0 aromatic rings. The van der Waals surface area contributed by atoms with Crippen molar-refractivity contribution in [2.45, 2.75) is 26.3 Å². The molecule has 4 atom stereocenters. The average Bonchev–Trinajstić information content (AvgIpc) is 2.74. The minimum atomic E-state index is 0.573. The van der Waals surface area contributed by atoms with Crippen LogP contribution in [0, 0.1) is 17.8 Å². The van der Waals surface area contributed by atoms with Gasteiger partial charge in [0.15, 0.2) is 0 Å². The summed E-state index contributed by atoms with van der Waals surface area (Å²) >= 11 is 0. The van der Waals surface area contributed by atoms with E-state index in [0.29, 0.717) is 12.0 Å². The summed E-state index contributed by atoms with van der Waals surface area (Å²) in [6, 6.07) is 0.573. The van der Waals surface area contributed by atoms with Crippen molar-refractivity contribution in [1.82, 2.24) is 10.2 Å². The predicted molar refractivity (Wildman–Crippen MR) is 66.5 cm³/mol. The van der Waals surface area contributed by atoms with Gasteiger partial charge in [-0.2, -0.15) is 0 Å². The fraction of sp³-hybridized carbons (Fsp3) is 1.00. The maximum Gasteiger partial charge on any atom is 0.0623 e. The van der Waals surface area contributed by atoms with Gasteiger partial charge >= 0.3 is 0 Å². The lowest BCUT2D eigenvalue weighted by Gasteiger charge is -2.24. The SMILES string of the molecule is CCNC1COCC1CN(C)CC1CC1C. The molecule has 0 aromatic carbocycles. The number of nitrogens with one attached hydrogen (secondary N) is 1. The molecule has 1 saturated heterocycles. The van der Waals surface area contributed by atoms with Crippen LogP contribution in [0.25, 0.3) is 0 Å². The third kappa shape index (κ3) is 3.19. The Labute approximate surface area is 99.5 Å². The zero-order valence-electron chi connectivity index (χ0n) is 10.9. The number of hydrogen-bond donors (Lipinski definition) is 1. The van der Waals surface area contributed by atoms with Crippen LogP contribution in [-0.4, -0.2) is 50.8 Å². The van der Waals surface area contributed by atoms with Crippen LogP contribution in [-0.2, 0) is 4.74 Å². The van der Waals surface area contributed by atoms with E-state index >= 15 is 0 Å². The summed E-state index contributed by atoms with van der Waals surface area (Å²) in [6.07, 6.45) is 1.43. The Kier molecular flexibility index (Phi) is 4.22. The van der Waals surface area contributed by atoms with Crippen LogP contribution in [0.4, 0.5) is 0 Å². The van der Waals surface area contributed by atoms with Crippen molar-refractivity contribution in [3.63, 3.8) is 0 Å². The first-order chi connectivity index (χ1) is 7.70. The van der Waals surface area contributed by atoms with Crippen molar-refractivity contribution < 1.29 is 4.74 Å². The lowest BCUT2D eigenvalue weighted by Crippen LogP contribution is -2.41. The first kappa shape index (κ1) is 12.3. The Morgan fingerprint density at radius 1 is 1.25 bits per heavy atom. The third-order valence-electron chi connectivity index (χ3n) is 4.03. The van der Waals surface area contributed by atoms with Gasteiger partial charge in [0.25, 0.3) is 0 Å². The van der Waals surface area contributed by atoms with E-state index in [1.807, 2.05) is 0 Å². The van der Waals surface area contributed by atoms with E-state index in [1.165, 1.54) is 19.5 Å². The van der Waals surface area contributed by atoms with Crippen LogP contribution in [0.1, 0.15) is 20.3 Å². The van der Waals surface area contributed by atoms with Gasteiger partial charge < -0.3 is 15.0 Å². The minimum Gasteiger partial charge on any atom is -0.379 e. The molecular formula is C13H26N2O. The summed E-state index contributed by atoms with van der Waals surface area (Å²) in [7, 11) is 2.26. The van der Waals surface area contributed by atoms with Crippen molar-refractivity contribution in [1.29, 1.82) is 0 Å². The first-order valence-corrected chi connectivity index (χ1v) is 6.70. The molecule has 94 valence electrons. The van der Waals surface area contributed by atoms with Crippen molar-refractivity contribution in [3.05, 3.63) is 0 Å². The molecule has 1 aliphatic carbocycles. The van der Waals surface area contributed by atoms with Gasteiger partial charge in [-0.15, -0.1) is 0 Å². The molecule has 0 aromatic heterocycles. The van der Waals surface area contributed by atoms with Gasteiger partial charge in [0.1, 0.15) is 0 Å². The van der Waals surface area contributed by atoms with E-state index in [9.17, 15) is 0 Å². The number of likely N-dealkylation sites (N-methyl/N-ethyl adjacent to an activating group) is 1. The summed E-state index contributed by atoms with van der Waals surface area (Å²) in [6.45, 7) is 9.86. The zero-order valence-corrected chi connectivity index (χ0v) is 10.9. The van der Waals surface area contributed by atoms with Gasteiger partial charge in [-0.05, 0) is 31.8 Å². The molecular weight excluding hydrogens is 200 g/mol. The summed E-state index contributed by atoms with van der Waals surface area (Å²) in [5.74, 6) is 2.61. The van der Waals surface area contributed by atoms with E-state index in [0.717, 1.165) is 31.6 Å². The Morgan fingerprint density at radius 2 is 1.94 bits per heavy atom. The first-order valence-electron chi connectivity index (χ1n) is 6.70. The average molecular weight is 226 g/mol. The molecule has 3 nitrogen and oxygen atoms in total. The molecule has 1 heterocycles. The second kappa shape index (κ2) is 5.48. The Hall–Kier alpha value is -0.120. The fourth-order valence-corrected chi connectivity index (χ4v) is 2.79. The van der Waals surface area contributed by atoms with E-state index in [1.54, 1.807) is 0 Å². The number of hydrogen-bond acceptors (Lipinski definition) is 3. The van der Waals surface area contributed by atoms with Gasteiger partial charge in [0.05, 0.1) is 13.2 Å². The molecule has 3 heteroatoms. The van der Waals surface area contributed by atoms with Crippen molar-refractivity contribution in [2.75, 3.05) is 39.9 Å². The number of rotatable bonds is 6. The monoisotopic (exact) mass is 226 g/mol. The van der Waals surface area contributed by atoms with Crippen LogP contribution < -0.4 is 5.32 Å². The highest BCUT2D eigenvalue weighted by Gasteiger charge is 2.34. The van der Waals surface area contributed by atoms with E-state index in [4.69, 9.17) is 4.74 Å². The smallest absolute Gasteiger partial charge is 0.0623 e. The molecule has 1 aliphatic heterocycles. The molecule has 16 heavy (non-hydrogen) atoms. The number of nitrogens with zero attached hydrogens (tertiary/aromatic N) is 1. The molecule has 2 aliphatic rings. The summed E-state index contributed by atoms with van der Waals surface area (Å²) in [5.41, 5.74) is 0. The summed E-state index contributed by atoms with van der Waals surface area (Å²) in [5, 5.41) is 3.53. The molecule has 0 spiro atoms. The van der Waals surface area contributed by atoms with Gasteiger partial charge in [-0.3, -0.25) is 0 Å². The Balaban J connectivity index is 1.70. The predicted octanol–water partition coefficient (Wildman–Crippen LogP) is 1.20. The van der Waals surface area contributed by atoms with Gasteiger partial charge in [-0.25, -0.2) is 0 Å². The van der Waals surface area contributed by atoms with Gasteiger partial charge in [0.2, 0.25) is 0 Å². The van der Waals surface area contributed by atoms with Crippen molar-refractivity contribution >= 4 is 0 Å².